The van der Waals surface area contributed by atoms with E-state index in [-0.39, 0.29) is 65.0 Å². The van der Waals surface area contributed by atoms with Gasteiger partial charge in [0.25, 0.3) is 5.69 Å². The number of hydrogen-bond donors (Lipinski definition) is 6. The molecule has 0 aliphatic carbocycles. The van der Waals surface area contributed by atoms with E-state index in [2.05, 4.69) is 106 Å². The predicted octanol–water partition coefficient (Wildman–Crippen LogP) is 15.9. The topological polar surface area (TPSA) is 242 Å². The molecule has 3 aromatic carbocycles. The van der Waals surface area contributed by atoms with E-state index in [4.69, 9.17) is 42.9 Å². The molecule has 0 bridgehead atoms. The fourth-order valence-corrected chi connectivity index (χ4v) is 7.79. The van der Waals surface area contributed by atoms with Crippen molar-refractivity contribution in [2.45, 2.75) is 51.2 Å². The number of pyridine rings is 2. The van der Waals surface area contributed by atoms with Crippen molar-refractivity contribution < 1.29 is 80.0 Å². The summed E-state index contributed by atoms with van der Waals surface area (Å²) < 4.78 is 107. The number of hydrogen-bond acceptors (Lipinski definition) is 14. The molecule has 0 fully saturated rings. The van der Waals surface area contributed by atoms with E-state index in [1.165, 1.54) is 30.2 Å². The van der Waals surface area contributed by atoms with E-state index in [0.29, 0.717) is 52.0 Å². The number of anilines is 2. The smallest absolute Gasteiger partial charge is 0.104 e. The van der Waals surface area contributed by atoms with Crippen molar-refractivity contribution >= 4 is 154 Å². The van der Waals surface area contributed by atoms with Crippen LogP contribution in [0.3, 0.4) is 0 Å². The Labute approximate surface area is 530 Å². The minimum atomic E-state index is -4.72. The molecule has 7 rings (SSSR count). The number of halogens is 15. The van der Waals surface area contributed by atoms with Gasteiger partial charge in [-0.25, -0.2) is 9.59 Å². The number of nitrogens with zero attached hydrogens (tertiary/aromatic N) is 5. The second-order valence-corrected chi connectivity index (χ2v) is 115. The van der Waals surface area contributed by atoms with Crippen molar-refractivity contribution in [3.63, 3.8) is 0 Å². The van der Waals surface area contributed by atoms with Crippen molar-refractivity contribution in [3.05, 3.63) is 151 Å². The number of amides is 3. The maximum Gasteiger partial charge on any atom is 0.104 e. The number of nitro benzene ring substituents is 1. The van der Waals surface area contributed by atoms with E-state index < -0.39 is 75.9 Å². The number of benzene rings is 3. The van der Waals surface area contributed by atoms with Crippen molar-refractivity contribution in [1.29, 1.82) is 0 Å². The van der Waals surface area contributed by atoms with E-state index in [1.54, 1.807) is 25.3 Å². The Bertz CT molecular complexity index is 3050. The first-order valence-corrected chi connectivity index (χ1v) is 56.0. The molecular weight excluding hydrogens is 1840 g/mol. The largest absolute Gasteiger partial charge is 0.393 e. The number of aliphatic hydroxyl groups excluding tert-OH is 4. The molecule has 2 aliphatic rings. The molecule has 2 aromatic heterocycles. The third kappa shape index (κ3) is 23.0. The number of rotatable bonds is 15. The molecule has 0 saturated carbocycles. The summed E-state index contributed by atoms with van der Waals surface area (Å²) in [4.78, 5) is 44.3. The average molecular weight is 1890 g/mol. The number of aliphatic hydroxyl groups is 4. The second kappa shape index (κ2) is 35.3. The number of alkyl halides is 6. The minimum Gasteiger partial charge on any atom is -0.393 e. The first-order valence-electron chi connectivity index (χ1n) is 23.8. The molecule has 0 saturated heterocycles. The van der Waals surface area contributed by atoms with Gasteiger partial charge in [-0.05, 0) is 92.9 Å². The third-order valence-electron chi connectivity index (χ3n) is 11.1. The van der Waals surface area contributed by atoms with Gasteiger partial charge in [-0.15, -0.1) is 5.12 Å². The molecule has 0 unspecified atom stereocenters. The summed E-state index contributed by atoms with van der Waals surface area (Å²) in [5.41, 5.74) is 1.52. The predicted molar refractivity (Wildman–Crippen MR) is 353 cm³/mol. The van der Waals surface area contributed by atoms with E-state index in [0.717, 1.165) is 78.8 Å². The Kier molecular flexibility index (Phi) is 30.9. The molecule has 83 heavy (non-hydrogen) atoms. The summed E-state index contributed by atoms with van der Waals surface area (Å²) >= 11 is 22.9. The minimum absolute atomic E-state index is 0.0523. The zero-order valence-electron chi connectivity index (χ0n) is 43.0. The summed E-state index contributed by atoms with van der Waals surface area (Å²) in [5, 5.41) is 53.8. The molecule has 456 valence electrons. The van der Waals surface area contributed by atoms with Crippen molar-refractivity contribution in [2.24, 2.45) is 0 Å². The summed E-state index contributed by atoms with van der Waals surface area (Å²) in [5.74, 6) is -1.18. The molecule has 0 spiro atoms. The molecule has 18 nitrogen and oxygen atoms in total. The van der Waals surface area contributed by atoms with Crippen LogP contribution in [0, 0.1) is 10.1 Å². The van der Waals surface area contributed by atoms with Gasteiger partial charge in [0.2, 0.25) is 0 Å². The zero-order chi connectivity index (χ0) is 61.8. The van der Waals surface area contributed by atoms with E-state index in [1.807, 2.05) is 0 Å². The van der Waals surface area contributed by atoms with Gasteiger partial charge in [0, 0.05) is 73.1 Å². The number of nitro groups is 1. The van der Waals surface area contributed by atoms with Crippen LogP contribution in [0.2, 0.25) is 10.0 Å². The quantitative estimate of drug-likeness (QED) is 0.0188. The Hall–Kier alpha value is -2.75. The van der Waals surface area contributed by atoms with Crippen molar-refractivity contribution in [2.75, 3.05) is 63.0 Å². The molecule has 6 N–H and O–H groups in total. The number of carbonyl (C=O) groups is 2. The van der Waals surface area contributed by atoms with Crippen LogP contribution in [-0.4, -0.2) is 105 Å². The van der Waals surface area contributed by atoms with Crippen LogP contribution in [0.25, 0.3) is 11.1 Å². The summed E-state index contributed by atoms with van der Waals surface area (Å²) in [7, 11) is -0.628. The van der Waals surface area contributed by atoms with Gasteiger partial charge in [0.1, 0.15) is 29.5 Å². The maximum absolute atomic E-state index is 14.2. The van der Waals surface area contributed by atoms with E-state index >= 15 is 0 Å². The normalized spacial score (nSPS) is 14.2. The van der Waals surface area contributed by atoms with Crippen LogP contribution < -0.4 is 30.0 Å². The van der Waals surface area contributed by atoms with Gasteiger partial charge in [0.05, 0.1) is 69.6 Å². The van der Waals surface area contributed by atoms with Gasteiger partial charge < -0.3 is 50.2 Å². The van der Waals surface area contributed by atoms with Crippen LogP contribution in [-0.2, 0) is 12.4 Å². The van der Waals surface area contributed by atoms with Crippen LogP contribution in [0.4, 0.5) is 57.5 Å². The first kappa shape index (κ1) is 72.7. The van der Waals surface area contributed by atoms with Gasteiger partial charge in [0.15, 0.2) is 0 Å². The molecule has 3 amide bonds. The van der Waals surface area contributed by atoms with Gasteiger partial charge >= 0.3 is 115 Å². The Morgan fingerprint density at radius 1 is 0.795 bits per heavy atom. The van der Waals surface area contributed by atoms with Gasteiger partial charge in [-0.2, -0.15) is 26.3 Å². The van der Waals surface area contributed by atoms with Crippen LogP contribution in [0.15, 0.2) is 97.3 Å². The van der Waals surface area contributed by atoms with Crippen LogP contribution >= 0.6 is 113 Å². The zero-order valence-corrected chi connectivity index (χ0v) is 57.5. The number of aromatic nitrogens is 2. The monoisotopic (exact) mass is 1890 g/mol. The number of ether oxygens (including phenoxy) is 3. The second-order valence-electron chi connectivity index (χ2n) is 16.6. The fourth-order valence-electron chi connectivity index (χ4n) is 7.20. The molecule has 5 aromatic rings. The summed E-state index contributed by atoms with van der Waals surface area (Å²) in [6, 6.07) is 12.2. The number of non-ortho nitro benzene ring substituents is 1. The van der Waals surface area contributed by atoms with Crippen LogP contribution in [0.1, 0.15) is 72.5 Å². The van der Waals surface area contributed by atoms with Crippen molar-refractivity contribution in [3.8, 4) is 17.2 Å². The first-order chi connectivity index (χ1) is 39.1. The molecule has 0 radical (unpaired) electrons. The van der Waals surface area contributed by atoms with E-state index in [9.17, 15) is 60.7 Å². The Morgan fingerprint density at radius 2 is 1.30 bits per heavy atom. The standard InChI is InChI=1S/C22H23ClF3N3O4.C16H12F4N2O5.C12H15ClN2O2.I6/c1-2-33-19-10-15(3-4-16(19)22(24,25)26)28-21(32)29-7-5-13(6-8-29)20-17(23)9-14(11-27-20)18(31)12-30;1-2-26-14-9-11(5-8-13(14)16(17,18)19)21(20)15(23)27-12-6-3-10(4-7-12)22(24)25;13-10-5-9(11(17)7-16)6-15-12(10)8-1-3-14-4-2-8;1-5(2)6(3)4/h3-5,9-11,18,30-31H,2,6-8,12H2,1H3,(H,28,32);3-9H,2H2,1H3;1,5-6,11,14,16-17H,2-4,7H2;/t18-;;11-;/m1.1./s1. The van der Waals surface area contributed by atoms with Crippen LogP contribution in [0.5, 0.6) is 17.2 Å². The Morgan fingerprint density at radius 3 is 1.72 bits per heavy atom. The van der Waals surface area contributed by atoms with Gasteiger partial charge in [-0.1, -0.05) is 39.8 Å². The van der Waals surface area contributed by atoms with Crippen molar-refractivity contribution in [1.82, 2.24) is 20.2 Å². The average Bonchev–Trinajstić information content (AvgIpc) is 3.51. The fraction of sp³-hybridized carbons (Fsp3) is 0.320. The molecule has 4 heterocycles. The molecule has 2 aliphatic heterocycles. The molecular formula is C50H50Cl2F7I6N7O11. The molecule has 33 heteroatoms. The maximum atomic E-state index is 14.2. The summed E-state index contributed by atoms with van der Waals surface area (Å²) in [6.07, 6.45) is -4.62. The Balaban J connectivity index is 0.000000264. The number of carbonyl (C=O) groups excluding carboxylic acids is 2. The third-order valence-corrected chi connectivity index (χ3v) is 177. The number of nitrogens with one attached hydrogen (secondary N) is 2. The summed E-state index contributed by atoms with van der Waals surface area (Å²) in [6.45, 7) is 4.53. The van der Waals surface area contributed by atoms with Gasteiger partial charge in [-0.3, -0.25) is 20.1 Å². The molecule has 2 atom stereocenters. The SMILES string of the molecule is CCOc1cc(N(F)C(=O)Oc2ccc([N+](=O)[O-])cc2)ccc1C(F)(F)F.CCOc1cc(NC(=O)N2CC=C(c3ncc([C@H](O)CO)cc3Cl)CC2)ccc1C(F)(F)F.II(I)I(I)I.OC[C@@H](O)c1cnc(C2=CCNCC2)c(Cl)c1. The number of urea groups is 1.